The number of piperidine rings is 1. The number of ether oxygens (including phenoxy) is 1. The molecule has 134 valence electrons. The second kappa shape index (κ2) is 10.3. The highest BCUT2D eigenvalue weighted by Crippen LogP contribution is 2.25. The molecule has 0 radical (unpaired) electrons. The molecule has 0 spiro atoms. The van der Waals surface area contributed by atoms with Crippen molar-refractivity contribution in [3.8, 4) is 0 Å². The molecule has 0 aromatic heterocycles. The van der Waals surface area contributed by atoms with E-state index in [1.165, 1.54) is 65.0 Å². The van der Waals surface area contributed by atoms with E-state index in [0.29, 0.717) is 12.5 Å². The van der Waals surface area contributed by atoms with Crippen molar-refractivity contribution in [2.24, 2.45) is 11.8 Å². The van der Waals surface area contributed by atoms with Crippen LogP contribution in [0.3, 0.4) is 0 Å². The lowest BCUT2D eigenvalue weighted by atomic mass is 9.87. The van der Waals surface area contributed by atoms with Crippen molar-refractivity contribution in [2.75, 3.05) is 33.3 Å². The minimum atomic E-state index is -0.0886. The Bertz CT molecular complexity index is 342. The zero-order valence-electron chi connectivity index (χ0n) is 15.2. The summed E-state index contributed by atoms with van der Waals surface area (Å²) >= 11 is 0. The summed E-state index contributed by atoms with van der Waals surface area (Å²) in [6.45, 7) is 6.54. The van der Waals surface area contributed by atoms with Crippen LogP contribution >= 0.6 is 0 Å². The summed E-state index contributed by atoms with van der Waals surface area (Å²) in [5, 5.41) is 3.85. The van der Waals surface area contributed by atoms with Gasteiger partial charge in [0.1, 0.15) is 0 Å². The third kappa shape index (κ3) is 6.80. The van der Waals surface area contributed by atoms with Gasteiger partial charge in [-0.2, -0.15) is 0 Å². The molecule has 1 saturated heterocycles. The third-order valence-electron chi connectivity index (χ3n) is 5.59. The predicted octanol–water partition coefficient (Wildman–Crippen LogP) is 3.21. The third-order valence-corrected chi connectivity index (χ3v) is 5.59. The van der Waals surface area contributed by atoms with Crippen LogP contribution in [0.2, 0.25) is 0 Å². The van der Waals surface area contributed by atoms with Gasteiger partial charge in [-0.1, -0.05) is 32.6 Å². The zero-order chi connectivity index (χ0) is 16.5. The smallest absolute Gasteiger partial charge is 0.306 e. The normalized spacial score (nSPS) is 27.0. The van der Waals surface area contributed by atoms with Crippen LogP contribution in [0.15, 0.2) is 0 Å². The van der Waals surface area contributed by atoms with Gasteiger partial charge in [0.2, 0.25) is 0 Å². The number of rotatable bonds is 8. The van der Waals surface area contributed by atoms with Crippen LogP contribution in [0.25, 0.3) is 0 Å². The molecule has 0 aromatic rings. The fourth-order valence-corrected chi connectivity index (χ4v) is 4.33. The number of esters is 1. The van der Waals surface area contributed by atoms with E-state index in [1.54, 1.807) is 0 Å². The van der Waals surface area contributed by atoms with Crippen LogP contribution in [0.5, 0.6) is 0 Å². The molecule has 23 heavy (non-hydrogen) atoms. The van der Waals surface area contributed by atoms with Gasteiger partial charge in [0.05, 0.1) is 13.5 Å². The van der Waals surface area contributed by atoms with Gasteiger partial charge in [-0.05, 0) is 44.1 Å². The second-order valence-corrected chi connectivity index (χ2v) is 7.59. The summed E-state index contributed by atoms with van der Waals surface area (Å²) in [6.07, 6.45) is 11.5. The maximum atomic E-state index is 11.4. The lowest BCUT2D eigenvalue weighted by Gasteiger charge is -2.39. The minimum absolute atomic E-state index is 0.0886. The summed E-state index contributed by atoms with van der Waals surface area (Å²) in [6, 6.07) is 0.597. The molecule has 0 bridgehead atoms. The average Bonchev–Trinajstić information content (AvgIpc) is 2.59. The second-order valence-electron chi connectivity index (χ2n) is 7.59. The van der Waals surface area contributed by atoms with E-state index in [2.05, 4.69) is 17.1 Å². The molecular weight excluding hydrogens is 288 g/mol. The molecule has 0 aromatic carbocycles. The topological polar surface area (TPSA) is 41.6 Å². The number of carbonyl (C=O) groups excluding carboxylic acids is 1. The molecule has 2 rings (SSSR count). The molecule has 2 atom stereocenters. The number of nitrogens with one attached hydrogen (secondary N) is 1. The number of nitrogens with zero attached hydrogens (tertiary/aromatic N) is 1. The maximum absolute atomic E-state index is 11.4. The van der Waals surface area contributed by atoms with Crippen molar-refractivity contribution in [3.63, 3.8) is 0 Å². The Kier molecular flexibility index (Phi) is 8.38. The van der Waals surface area contributed by atoms with Crippen LogP contribution in [-0.4, -0.2) is 50.2 Å². The fourth-order valence-electron chi connectivity index (χ4n) is 4.33. The van der Waals surface area contributed by atoms with E-state index >= 15 is 0 Å². The summed E-state index contributed by atoms with van der Waals surface area (Å²) < 4.78 is 4.79. The van der Waals surface area contributed by atoms with Gasteiger partial charge < -0.3 is 15.0 Å². The summed E-state index contributed by atoms with van der Waals surface area (Å²) in [5.74, 6) is 1.57. The van der Waals surface area contributed by atoms with E-state index in [9.17, 15) is 4.79 Å². The average molecular weight is 325 g/mol. The van der Waals surface area contributed by atoms with E-state index in [1.807, 2.05) is 0 Å². The van der Waals surface area contributed by atoms with E-state index in [-0.39, 0.29) is 5.97 Å². The van der Waals surface area contributed by atoms with E-state index in [4.69, 9.17) is 4.74 Å². The number of methoxy groups -OCH3 is 1. The summed E-state index contributed by atoms with van der Waals surface area (Å²) in [7, 11) is 1.48. The predicted molar refractivity (Wildman–Crippen MR) is 94.5 cm³/mol. The van der Waals surface area contributed by atoms with Gasteiger partial charge >= 0.3 is 5.97 Å². The molecule has 1 N–H and O–H groups in total. The standard InChI is InChI=1S/C19H36N2O2/c1-3-7-17-12-18(20-13-16-8-5-4-6-9-16)15-21(14-17)11-10-19(22)23-2/h16-18,20H,3-15H2,1-2H3. The van der Waals surface area contributed by atoms with Gasteiger partial charge in [-0.25, -0.2) is 0 Å². The first kappa shape index (κ1) is 18.7. The maximum Gasteiger partial charge on any atom is 0.306 e. The Hall–Kier alpha value is -0.610. The Balaban J connectivity index is 1.78. The first-order valence-electron chi connectivity index (χ1n) is 9.73. The molecule has 0 amide bonds. The van der Waals surface area contributed by atoms with Crippen molar-refractivity contribution in [1.82, 2.24) is 10.2 Å². The van der Waals surface area contributed by atoms with Crippen molar-refractivity contribution in [1.29, 1.82) is 0 Å². The number of hydrogen-bond donors (Lipinski definition) is 1. The Morgan fingerprint density at radius 2 is 1.96 bits per heavy atom. The van der Waals surface area contributed by atoms with Gasteiger partial charge in [0.25, 0.3) is 0 Å². The first-order valence-corrected chi connectivity index (χ1v) is 9.73. The molecule has 1 aliphatic carbocycles. The molecule has 1 heterocycles. The first-order chi connectivity index (χ1) is 11.2. The lowest BCUT2D eigenvalue weighted by molar-refractivity contribution is -0.141. The van der Waals surface area contributed by atoms with Crippen molar-refractivity contribution < 1.29 is 9.53 Å². The molecule has 2 fully saturated rings. The molecular formula is C19H36N2O2. The minimum Gasteiger partial charge on any atom is -0.469 e. The molecule has 2 aliphatic rings. The summed E-state index contributed by atoms with van der Waals surface area (Å²) in [4.78, 5) is 13.9. The number of likely N-dealkylation sites (tertiary alicyclic amines) is 1. The highest BCUT2D eigenvalue weighted by Gasteiger charge is 2.27. The van der Waals surface area contributed by atoms with Gasteiger partial charge in [-0.3, -0.25) is 4.79 Å². The monoisotopic (exact) mass is 324 g/mol. The van der Waals surface area contributed by atoms with E-state index < -0.39 is 0 Å². The molecule has 1 saturated carbocycles. The SMILES string of the molecule is CCCC1CC(NCC2CCCCC2)CN(CCC(=O)OC)C1. The highest BCUT2D eigenvalue weighted by molar-refractivity contribution is 5.69. The van der Waals surface area contributed by atoms with Crippen LogP contribution < -0.4 is 5.32 Å². The molecule has 4 nitrogen and oxygen atoms in total. The van der Waals surface area contributed by atoms with Crippen molar-refractivity contribution in [3.05, 3.63) is 0 Å². The Morgan fingerprint density at radius 1 is 1.17 bits per heavy atom. The summed E-state index contributed by atoms with van der Waals surface area (Å²) in [5.41, 5.74) is 0. The molecule has 2 unspecified atom stereocenters. The van der Waals surface area contributed by atoms with Crippen LogP contribution in [0.1, 0.15) is 64.7 Å². The number of hydrogen-bond acceptors (Lipinski definition) is 4. The molecule has 1 aliphatic heterocycles. The van der Waals surface area contributed by atoms with E-state index in [0.717, 1.165) is 31.5 Å². The van der Waals surface area contributed by atoms with Gasteiger partial charge in [-0.15, -0.1) is 0 Å². The van der Waals surface area contributed by atoms with Crippen LogP contribution in [0, 0.1) is 11.8 Å². The highest BCUT2D eigenvalue weighted by atomic mass is 16.5. The van der Waals surface area contributed by atoms with Gasteiger partial charge in [0.15, 0.2) is 0 Å². The Labute approximate surface area is 142 Å². The fraction of sp³-hybridized carbons (Fsp3) is 0.947. The molecule has 4 heteroatoms. The largest absolute Gasteiger partial charge is 0.469 e. The van der Waals surface area contributed by atoms with Crippen LogP contribution in [-0.2, 0) is 9.53 Å². The zero-order valence-corrected chi connectivity index (χ0v) is 15.2. The van der Waals surface area contributed by atoms with Crippen molar-refractivity contribution >= 4 is 5.97 Å². The quantitative estimate of drug-likeness (QED) is 0.696. The van der Waals surface area contributed by atoms with Crippen LogP contribution in [0.4, 0.5) is 0 Å². The van der Waals surface area contributed by atoms with Gasteiger partial charge in [0, 0.05) is 25.7 Å². The lowest BCUT2D eigenvalue weighted by Crippen LogP contribution is -2.50. The van der Waals surface area contributed by atoms with Crippen molar-refractivity contribution in [2.45, 2.75) is 70.8 Å². The Morgan fingerprint density at radius 3 is 2.65 bits per heavy atom. The number of carbonyl (C=O) groups is 1.